The molecule has 2 aromatic carbocycles. The summed E-state index contributed by atoms with van der Waals surface area (Å²) in [5.41, 5.74) is 3.71. The van der Waals surface area contributed by atoms with E-state index in [4.69, 9.17) is 0 Å². The first-order valence-electron chi connectivity index (χ1n) is 8.77. The summed E-state index contributed by atoms with van der Waals surface area (Å²) < 4.78 is 0. The first-order chi connectivity index (χ1) is 12.2. The molecule has 1 aliphatic heterocycles. The SMILES string of the molecule is O=C1CN(C2=c3ccc4c(c3CCC2)CC=c2ccccc2=4)C(=O)N1. The van der Waals surface area contributed by atoms with Gasteiger partial charge in [0.05, 0.1) is 0 Å². The Bertz CT molecular complexity index is 1150. The molecule has 25 heavy (non-hydrogen) atoms. The molecule has 1 heterocycles. The predicted molar refractivity (Wildman–Crippen MR) is 94.6 cm³/mol. The second kappa shape index (κ2) is 5.31. The van der Waals surface area contributed by atoms with E-state index in [1.165, 1.54) is 26.8 Å². The van der Waals surface area contributed by atoms with Crippen LogP contribution in [0.3, 0.4) is 0 Å². The number of amides is 3. The van der Waals surface area contributed by atoms with Crippen LogP contribution < -0.4 is 15.8 Å². The highest BCUT2D eigenvalue weighted by Crippen LogP contribution is 2.24. The summed E-state index contributed by atoms with van der Waals surface area (Å²) >= 11 is 0. The normalized spacial score (nSPS) is 18.2. The van der Waals surface area contributed by atoms with Crippen LogP contribution >= 0.6 is 0 Å². The molecule has 0 bridgehead atoms. The Balaban J connectivity index is 1.82. The maximum absolute atomic E-state index is 12.1. The molecular formula is C21H18N2O2. The first kappa shape index (κ1) is 14.5. The fourth-order valence-corrected chi connectivity index (χ4v) is 4.37. The van der Waals surface area contributed by atoms with Crippen molar-refractivity contribution in [2.45, 2.75) is 25.7 Å². The van der Waals surface area contributed by atoms with Gasteiger partial charge in [-0.25, -0.2) is 4.79 Å². The van der Waals surface area contributed by atoms with Gasteiger partial charge in [-0.1, -0.05) is 42.5 Å². The number of hydrogen-bond acceptors (Lipinski definition) is 2. The minimum absolute atomic E-state index is 0.139. The summed E-state index contributed by atoms with van der Waals surface area (Å²) in [6, 6.07) is 12.5. The van der Waals surface area contributed by atoms with E-state index in [0.29, 0.717) is 0 Å². The average Bonchev–Trinajstić information content (AvgIpc) is 2.98. The fraction of sp³-hybridized carbons (Fsp3) is 0.238. The number of carbonyl (C=O) groups is 2. The zero-order valence-electron chi connectivity index (χ0n) is 13.8. The molecule has 1 fully saturated rings. The van der Waals surface area contributed by atoms with E-state index in [1.807, 2.05) is 0 Å². The zero-order chi connectivity index (χ0) is 17.0. The minimum Gasteiger partial charge on any atom is -0.288 e. The van der Waals surface area contributed by atoms with Crippen molar-refractivity contribution in [3.63, 3.8) is 0 Å². The van der Waals surface area contributed by atoms with E-state index in [2.05, 4.69) is 47.8 Å². The molecule has 1 saturated heterocycles. The smallest absolute Gasteiger partial charge is 0.288 e. The lowest BCUT2D eigenvalue weighted by molar-refractivity contribution is -0.118. The van der Waals surface area contributed by atoms with E-state index in [0.717, 1.165) is 36.6 Å². The molecule has 3 amide bonds. The van der Waals surface area contributed by atoms with Crippen LogP contribution in [0, 0.1) is 10.4 Å². The topological polar surface area (TPSA) is 49.4 Å². The second-order valence-electron chi connectivity index (χ2n) is 6.85. The Morgan fingerprint density at radius 3 is 2.56 bits per heavy atom. The lowest BCUT2D eigenvalue weighted by atomic mass is 9.87. The van der Waals surface area contributed by atoms with Crippen LogP contribution in [-0.4, -0.2) is 23.4 Å². The van der Waals surface area contributed by atoms with Crippen molar-refractivity contribution in [3.05, 3.63) is 68.4 Å². The number of urea groups is 1. The summed E-state index contributed by atoms with van der Waals surface area (Å²) in [5, 5.41) is 7.41. The molecule has 124 valence electrons. The van der Waals surface area contributed by atoms with Crippen LogP contribution in [0.1, 0.15) is 24.0 Å². The summed E-state index contributed by atoms with van der Waals surface area (Å²) in [5.74, 6) is -0.218. The van der Waals surface area contributed by atoms with Gasteiger partial charge in [0.1, 0.15) is 6.54 Å². The molecule has 4 nitrogen and oxygen atoms in total. The number of carbonyl (C=O) groups excluding carboxylic acids is 2. The number of imide groups is 1. The van der Waals surface area contributed by atoms with Gasteiger partial charge < -0.3 is 0 Å². The van der Waals surface area contributed by atoms with E-state index < -0.39 is 0 Å². The Morgan fingerprint density at radius 1 is 0.880 bits per heavy atom. The van der Waals surface area contributed by atoms with Crippen molar-refractivity contribution in [3.8, 4) is 0 Å². The largest absolute Gasteiger partial charge is 0.328 e. The summed E-state index contributed by atoms with van der Waals surface area (Å²) in [7, 11) is 0. The van der Waals surface area contributed by atoms with Crippen LogP contribution in [0.5, 0.6) is 0 Å². The van der Waals surface area contributed by atoms with Gasteiger partial charge in [-0.2, -0.15) is 0 Å². The zero-order valence-corrected chi connectivity index (χ0v) is 13.8. The molecule has 4 heteroatoms. The summed E-state index contributed by atoms with van der Waals surface area (Å²) in [4.78, 5) is 25.3. The molecule has 0 saturated carbocycles. The van der Waals surface area contributed by atoms with Gasteiger partial charge in [0, 0.05) is 5.70 Å². The number of benzene rings is 2. The van der Waals surface area contributed by atoms with Crippen LogP contribution in [0.25, 0.3) is 11.8 Å². The van der Waals surface area contributed by atoms with Gasteiger partial charge in [0.2, 0.25) is 5.91 Å². The van der Waals surface area contributed by atoms with Gasteiger partial charge in [0.15, 0.2) is 0 Å². The lowest BCUT2D eigenvalue weighted by Crippen LogP contribution is -2.34. The molecule has 0 radical (unpaired) electrons. The first-order valence-corrected chi connectivity index (χ1v) is 8.77. The van der Waals surface area contributed by atoms with Crippen molar-refractivity contribution < 1.29 is 9.59 Å². The molecule has 0 atom stereocenters. The van der Waals surface area contributed by atoms with Crippen molar-refractivity contribution in [2.75, 3.05) is 6.54 Å². The number of nitrogens with zero attached hydrogens (tertiary/aromatic N) is 1. The minimum atomic E-state index is -0.289. The summed E-state index contributed by atoms with van der Waals surface area (Å²) in [6.07, 6.45) is 6.10. The fourth-order valence-electron chi connectivity index (χ4n) is 4.37. The summed E-state index contributed by atoms with van der Waals surface area (Å²) in [6.45, 7) is 0.139. The number of rotatable bonds is 1. The van der Waals surface area contributed by atoms with Crippen LogP contribution in [0.4, 0.5) is 4.79 Å². The van der Waals surface area contributed by atoms with Crippen molar-refractivity contribution in [2.24, 2.45) is 0 Å². The molecule has 5 rings (SSSR count). The van der Waals surface area contributed by atoms with Crippen molar-refractivity contribution in [1.29, 1.82) is 0 Å². The second-order valence-corrected chi connectivity index (χ2v) is 6.85. The van der Waals surface area contributed by atoms with Gasteiger partial charge in [-0.15, -0.1) is 0 Å². The Kier molecular flexibility index (Phi) is 3.07. The van der Waals surface area contributed by atoms with E-state index in [-0.39, 0.29) is 18.5 Å². The molecule has 2 aliphatic carbocycles. The quantitative estimate of drug-likeness (QED) is 0.802. The Hall–Kier alpha value is -2.88. The highest BCUT2D eigenvalue weighted by molar-refractivity contribution is 6.04. The van der Waals surface area contributed by atoms with Crippen LogP contribution in [0.2, 0.25) is 0 Å². The van der Waals surface area contributed by atoms with Crippen molar-refractivity contribution in [1.82, 2.24) is 10.2 Å². The van der Waals surface area contributed by atoms with E-state index in [1.54, 1.807) is 4.90 Å². The maximum Gasteiger partial charge on any atom is 0.328 e. The van der Waals surface area contributed by atoms with Gasteiger partial charge in [0.25, 0.3) is 0 Å². The third-order valence-electron chi connectivity index (χ3n) is 5.48. The number of hydrogen-bond donors (Lipinski definition) is 1. The van der Waals surface area contributed by atoms with Gasteiger partial charge in [-0.3, -0.25) is 15.0 Å². The molecule has 0 spiro atoms. The predicted octanol–water partition coefficient (Wildman–Crippen LogP) is 1.31. The third kappa shape index (κ3) is 2.14. The maximum atomic E-state index is 12.1. The van der Waals surface area contributed by atoms with E-state index >= 15 is 0 Å². The third-order valence-corrected chi connectivity index (χ3v) is 5.48. The van der Waals surface area contributed by atoms with Gasteiger partial charge >= 0.3 is 6.03 Å². The van der Waals surface area contributed by atoms with E-state index in [9.17, 15) is 9.59 Å². The molecule has 0 aromatic heterocycles. The number of nitrogens with one attached hydrogen (secondary N) is 1. The molecular weight excluding hydrogens is 312 g/mol. The lowest BCUT2D eigenvalue weighted by Gasteiger charge is -2.25. The van der Waals surface area contributed by atoms with Crippen LogP contribution in [0.15, 0.2) is 36.4 Å². The van der Waals surface area contributed by atoms with Crippen LogP contribution in [-0.2, 0) is 17.6 Å². The molecule has 2 aromatic rings. The highest BCUT2D eigenvalue weighted by atomic mass is 16.2. The Morgan fingerprint density at radius 2 is 1.72 bits per heavy atom. The van der Waals surface area contributed by atoms with Crippen molar-refractivity contribution >= 4 is 23.7 Å². The Labute approximate surface area is 144 Å². The van der Waals surface area contributed by atoms with Gasteiger partial charge in [-0.05, 0) is 57.7 Å². The standard InChI is InChI=1S/C21H18N2O2/c24-20-12-23(21(25)22-20)19-7-3-6-15-17-9-8-13-4-1-2-5-14(13)16(17)10-11-18(15)19/h1-2,4-5,8,10-11H,3,6-7,9,12H2,(H,22,24,25). The highest BCUT2D eigenvalue weighted by Gasteiger charge is 2.31. The monoisotopic (exact) mass is 330 g/mol. The molecule has 0 unspecified atom stereocenters. The molecule has 3 aliphatic rings. The number of fused-ring (bicyclic) bond motifs is 4. The molecule has 1 N–H and O–H groups in total. The average molecular weight is 330 g/mol.